The summed E-state index contributed by atoms with van der Waals surface area (Å²) in [4.78, 5) is 42.8. The van der Waals surface area contributed by atoms with E-state index in [0.717, 1.165) is 19.3 Å². The van der Waals surface area contributed by atoms with Crippen molar-refractivity contribution in [1.82, 2.24) is 5.32 Å². The summed E-state index contributed by atoms with van der Waals surface area (Å²) in [6.07, 6.45) is 7.90. The van der Waals surface area contributed by atoms with Crippen molar-refractivity contribution in [3.63, 3.8) is 0 Å². The van der Waals surface area contributed by atoms with E-state index in [1.54, 1.807) is 6.92 Å². The quantitative estimate of drug-likeness (QED) is 0.0368. The number of ether oxygens (including phenoxy) is 2. The molecule has 13 heteroatoms. The number of hydrogen-bond donors (Lipinski definition) is 2. The molecule has 1 amide bonds. The SMILES string of the molecule is CC#CC#CC#CNC(C)=O.CCCCCCCCCCC(=O)O[C@@H](COCO)COP(=O)([O-])[O-].[HH].[HH].[HH].[HH].[HH].[Na+].[Na+]. The van der Waals surface area contributed by atoms with E-state index >= 15 is 0 Å². The van der Waals surface area contributed by atoms with Gasteiger partial charge in [-0.1, -0.05) is 57.8 Å². The molecule has 0 aliphatic rings. The molecule has 0 aromatic carbocycles. The maximum absolute atomic E-state index is 11.7. The molecule has 10 nitrogen and oxygen atoms in total. The second kappa shape index (κ2) is 31.9. The molecule has 0 aromatic heterocycles. The van der Waals surface area contributed by atoms with Crippen LogP contribution in [0.25, 0.3) is 0 Å². The fourth-order valence-electron chi connectivity index (χ4n) is 2.40. The van der Waals surface area contributed by atoms with Crippen LogP contribution in [0, 0.1) is 35.6 Å². The molecule has 37 heavy (non-hydrogen) atoms. The molecule has 0 aliphatic carbocycles. The summed E-state index contributed by atoms with van der Waals surface area (Å²) in [6.45, 7) is 3.76. The van der Waals surface area contributed by atoms with Crippen LogP contribution in [-0.2, 0) is 28.2 Å². The third-order valence-corrected chi connectivity index (χ3v) is 4.42. The van der Waals surface area contributed by atoms with Crippen LogP contribution in [0.1, 0.15) is 85.7 Å². The van der Waals surface area contributed by atoms with Gasteiger partial charge in [-0.15, -0.1) is 0 Å². The number of hydrogen-bond acceptors (Lipinski definition) is 9. The second-order valence-electron chi connectivity index (χ2n) is 7.14. The Morgan fingerprint density at radius 2 is 1.54 bits per heavy atom. The molecule has 0 saturated heterocycles. The number of aliphatic hydroxyl groups is 1. The molecule has 0 aliphatic heterocycles. The van der Waals surface area contributed by atoms with Crippen LogP contribution in [0.15, 0.2) is 0 Å². The number of amides is 1. The number of carbonyl (C=O) groups is 2. The summed E-state index contributed by atoms with van der Waals surface area (Å²) < 4.78 is 24.2. The average molecular weight is 570 g/mol. The van der Waals surface area contributed by atoms with E-state index < -0.39 is 33.3 Å². The zero-order valence-electron chi connectivity index (χ0n) is 22.7. The summed E-state index contributed by atoms with van der Waals surface area (Å²) in [5, 5.41) is 10.8. The molecule has 0 unspecified atom stereocenters. The minimum atomic E-state index is -5.15. The van der Waals surface area contributed by atoms with Crippen LogP contribution in [0.5, 0.6) is 0 Å². The smallest absolute Gasteiger partial charge is 0.790 e. The minimum absolute atomic E-state index is 0. The Balaban J connectivity index is -0.0000000754. The van der Waals surface area contributed by atoms with Crippen LogP contribution in [0.3, 0.4) is 0 Å². The normalized spacial score (nSPS) is 10.0. The molecule has 0 saturated carbocycles. The number of nitrogens with one attached hydrogen (secondary N) is 1. The van der Waals surface area contributed by atoms with E-state index in [4.69, 9.17) is 9.84 Å². The first kappa shape index (κ1) is 43.7. The van der Waals surface area contributed by atoms with Gasteiger partial charge in [-0.2, -0.15) is 0 Å². The van der Waals surface area contributed by atoms with Gasteiger partial charge < -0.3 is 33.5 Å². The topological polar surface area (TPSA) is 157 Å². The number of esters is 1. The first-order valence-electron chi connectivity index (χ1n) is 11.4. The number of rotatable bonds is 16. The Bertz CT molecular complexity index is 839. The van der Waals surface area contributed by atoms with Crippen LogP contribution < -0.4 is 74.2 Å². The van der Waals surface area contributed by atoms with Gasteiger partial charge in [-0.25, -0.2) is 0 Å². The van der Waals surface area contributed by atoms with Crippen molar-refractivity contribution >= 4 is 19.7 Å². The molecule has 0 radical (unpaired) electrons. The summed E-state index contributed by atoms with van der Waals surface area (Å²) in [5.41, 5.74) is 0. The standard InChI is InChI=1S/C15H31O8P.C9H7NO.2Na.5H2/c1-2-3-4-5-6-7-8-9-10-15(17)23-14(11-21-13-16)12-22-24(18,19)20;1-3-4-5-6-7-8-10-9(2)11;;;;;;;/h14,16H,2-13H2,1H3,(H2,18,19,20);1-2H3,(H,10,11);;;5*1H/q;;2*+1;;;;;/p-2/t14-;;;;;;;;/m0......../s1. The van der Waals surface area contributed by atoms with E-state index in [2.05, 4.69) is 57.1 Å². The molecule has 0 heterocycles. The summed E-state index contributed by atoms with van der Waals surface area (Å²) in [6, 6.07) is 2.35. The molecule has 208 valence electrons. The Labute approximate surface area is 273 Å². The molecule has 0 aromatic rings. The monoisotopic (exact) mass is 569 g/mol. The molecule has 0 spiro atoms. The Morgan fingerprint density at radius 3 is 2.05 bits per heavy atom. The molecule has 0 fully saturated rings. The van der Waals surface area contributed by atoms with E-state index in [-0.39, 0.29) is 85.2 Å². The van der Waals surface area contributed by atoms with Crippen LogP contribution >= 0.6 is 7.82 Å². The number of aliphatic hydroxyl groups excluding tert-OH is 1. The van der Waals surface area contributed by atoms with Crippen molar-refractivity contribution in [2.75, 3.05) is 20.0 Å². The van der Waals surface area contributed by atoms with Gasteiger partial charge in [0.25, 0.3) is 0 Å². The third-order valence-electron chi connectivity index (χ3n) is 3.96. The number of phosphoric ester groups is 1. The van der Waals surface area contributed by atoms with E-state index in [9.17, 15) is 23.9 Å². The Hall–Kier alpha value is -0.350. The van der Waals surface area contributed by atoms with Gasteiger partial charge in [-0.05, 0) is 25.2 Å². The fraction of sp³-hybridized carbons (Fsp3) is 0.667. The first-order valence-corrected chi connectivity index (χ1v) is 12.8. The maximum atomic E-state index is 11.7. The van der Waals surface area contributed by atoms with E-state index in [1.807, 2.05) is 0 Å². The first-order chi connectivity index (χ1) is 16.7. The number of phosphoric acid groups is 1. The van der Waals surface area contributed by atoms with Gasteiger partial charge in [0, 0.05) is 38.4 Å². The number of unbranched alkanes of at least 4 members (excludes halogenated alkanes) is 7. The van der Waals surface area contributed by atoms with Gasteiger partial charge in [0.05, 0.1) is 21.0 Å². The molecule has 0 rings (SSSR count). The van der Waals surface area contributed by atoms with Gasteiger partial charge in [0.15, 0.2) is 0 Å². The Kier molecular flexibility index (Phi) is 37.6. The molecular weight excluding hydrogens is 523 g/mol. The van der Waals surface area contributed by atoms with Crippen molar-refractivity contribution in [1.29, 1.82) is 0 Å². The summed E-state index contributed by atoms with van der Waals surface area (Å²) >= 11 is 0. The third kappa shape index (κ3) is 40.3. The van der Waals surface area contributed by atoms with E-state index in [0.29, 0.717) is 6.42 Å². The van der Waals surface area contributed by atoms with Crippen molar-refractivity contribution in [2.45, 2.75) is 84.7 Å². The van der Waals surface area contributed by atoms with Crippen LogP contribution in [0.2, 0.25) is 0 Å². The molecule has 0 bridgehead atoms. The minimum Gasteiger partial charge on any atom is -0.790 e. The molecule has 1 atom stereocenters. The molecule has 2 N–H and O–H groups in total. The summed E-state index contributed by atoms with van der Waals surface area (Å²) in [7, 11) is -5.15. The number of carbonyl (C=O) groups excluding carboxylic acids is 2. The zero-order chi connectivity index (χ0) is 26.8. The van der Waals surface area contributed by atoms with Crippen molar-refractivity contribution < 1.29 is 109 Å². The van der Waals surface area contributed by atoms with Gasteiger partial charge in [0.1, 0.15) is 12.9 Å². The van der Waals surface area contributed by atoms with Crippen LogP contribution in [-0.4, -0.2) is 43.1 Å². The fourth-order valence-corrected chi connectivity index (χ4v) is 2.75. The van der Waals surface area contributed by atoms with Crippen molar-refractivity contribution in [2.24, 2.45) is 0 Å². The van der Waals surface area contributed by atoms with E-state index in [1.165, 1.54) is 32.6 Å². The Morgan fingerprint density at radius 1 is 0.973 bits per heavy atom. The summed E-state index contributed by atoms with van der Waals surface area (Å²) in [5.74, 6) is 11.7. The molecular formula is C24H46NNa2O9P. The maximum Gasteiger partial charge on any atom is 1.00 e. The second-order valence-corrected chi connectivity index (χ2v) is 8.29. The zero-order valence-corrected chi connectivity index (χ0v) is 27.6. The van der Waals surface area contributed by atoms with Gasteiger partial charge in [-0.3, -0.25) is 14.9 Å². The average Bonchev–Trinajstić information content (AvgIpc) is 2.79. The van der Waals surface area contributed by atoms with Crippen LogP contribution in [0.4, 0.5) is 0 Å². The van der Waals surface area contributed by atoms with Crippen molar-refractivity contribution in [3.8, 4) is 35.6 Å². The predicted octanol–water partition coefficient (Wildman–Crippen LogP) is -3.41. The largest absolute Gasteiger partial charge is 1.00 e. The van der Waals surface area contributed by atoms with Gasteiger partial charge >= 0.3 is 65.1 Å². The predicted molar refractivity (Wildman–Crippen MR) is 137 cm³/mol. The van der Waals surface area contributed by atoms with Gasteiger partial charge in [0.2, 0.25) is 5.91 Å². The van der Waals surface area contributed by atoms with Crippen molar-refractivity contribution in [3.05, 3.63) is 0 Å².